The van der Waals surface area contributed by atoms with Gasteiger partial charge in [0.1, 0.15) is 0 Å². The maximum absolute atomic E-state index is 11.5. The van der Waals surface area contributed by atoms with Gasteiger partial charge in [0.05, 0.1) is 30.8 Å². The normalized spacial score (nSPS) is 11.0. The summed E-state index contributed by atoms with van der Waals surface area (Å²) >= 11 is 0. The smallest absolute Gasteiger partial charge is 0.231 e. The second kappa shape index (κ2) is 32.8. The van der Waals surface area contributed by atoms with Crippen LogP contribution in [0.25, 0.3) is 0 Å². The highest BCUT2D eigenvalue weighted by molar-refractivity contribution is 5.26. The van der Waals surface area contributed by atoms with Crippen LogP contribution in [0.1, 0.15) is 155 Å². The van der Waals surface area contributed by atoms with Crippen molar-refractivity contribution in [2.45, 2.75) is 161 Å². The Hall–Kier alpha value is -1.40. The van der Waals surface area contributed by atoms with Crippen LogP contribution in [0, 0.1) is 16.2 Å². The van der Waals surface area contributed by atoms with Crippen LogP contribution >= 0.6 is 0 Å². The van der Waals surface area contributed by atoms with Crippen molar-refractivity contribution < 1.29 is 30.0 Å². The Balaban J connectivity index is -0.00000196. The molecule has 39 heavy (non-hydrogen) atoms. The van der Waals surface area contributed by atoms with Crippen molar-refractivity contribution in [3.05, 3.63) is 0 Å². The zero-order chi connectivity index (χ0) is 30.1. The predicted octanol–water partition coefficient (Wildman–Crippen LogP) is 7.10. The van der Waals surface area contributed by atoms with Crippen molar-refractivity contribution in [1.82, 2.24) is 0 Å². The Bertz CT molecular complexity index is 513. The molecule has 0 aliphatic rings. The summed E-state index contributed by atoms with van der Waals surface area (Å²) in [4.78, 5) is 16.7. The van der Waals surface area contributed by atoms with Gasteiger partial charge in [-0.05, 0) is 12.8 Å². The zero-order valence-electron chi connectivity index (χ0n) is 25.3. The standard InChI is InChI=1S/C29H60O4.2CHNO/c1-3-5-7-9-11-13-15-17-19-21-23-29(33,28(25-30,26-31)27-32)24-22-20-18-16-14-12-10-8-6-4-2;2*2-1-3/h30-33H,3-27H2,1-2H3;2*2H. The van der Waals surface area contributed by atoms with Crippen LogP contribution in [0.2, 0.25) is 0 Å². The summed E-state index contributed by atoms with van der Waals surface area (Å²) in [5.74, 6) is 0. The highest BCUT2D eigenvalue weighted by atomic mass is 16.3. The van der Waals surface area contributed by atoms with Crippen LogP contribution in [0.4, 0.5) is 0 Å². The fourth-order valence-electron chi connectivity index (χ4n) is 5.06. The van der Waals surface area contributed by atoms with Gasteiger partial charge in [0, 0.05) is 0 Å². The molecule has 8 heteroatoms. The first kappa shape index (κ1) is 42.1. The predicted molar refractivity (Wildman–Crippen MR) is 158 cm³/mol. The summed E-state index contributed by atoms with van der Waals surface area (Å²) in [6, 6.07) is 0. The first-order valence-electron chi connectivity index (χ1n) is 15.5. The molecule has 0 bridgehead atoms. The van der Waals surface area contributed by atoms with Crippen molar-refractivity contribution in [3.63, 3.8) is 0 Å². The van der Waals surface area contributed by atoms with E-state index in [0.29, 0.717) is 12.8 Å². The lowest BCUT2D eigenvalue weighted by Gasteiger charge is -2.44. The summed E-state index contributed by atoms with van der Waals surface area (Å²) in [5.41, 5.74) is -2.42. The molecule has 0 saturated heterocycles. The van der Waals surface area contributed by atoms with Crippen LogP contribution in [0.15, 0.2) is 0 Å². The fraction of sp³-hybridized carbons (Fsp3) is 0.935. The minimum absolute atomic E-state index is 0.383. The maximum atomic E-state index is 11.5. The lowest BCUT2D eigenvalue weighted by molar-refractivity contribution is -0.162. The molecule has 0 fully saturated rings. The molecule has 0 amide bonds. The van der Waals surface area contributed by atoms with Crippen molar-refractivity contribution in [2.75, 3.05) is 19.8 Å². The molecule has 0 rings (SSSR count). The van der Waals surface area contributed by atoms with Gasteiger partial charge in [-0.25, -0.2) is 20.4 Å². The van der Waals surface area contributed by atoms with Gasteiger partial charge >= 0.3 is 0 Å². The number of carbonyl (C=O) groups excluding carboxylic acids is 2. The van der Waals surface area contributed by atoms with Crippen LogP contribution < -0.4 is 0 Å². The molecule has 0 aromatic rings. The maximum Gasteiger partial charge on any atom is 0.231 e. The van der Waals surface area contributed by atoms with Crippen LogP contribution in [-0.4, -0.2) is 58.0 Å². The molecule has 232 valence electrons. The summed E-state index contributed by atoms with van der Waals surface area (Å²) in [6.45, 7) is 3.34. The Morgan fingerprint density at radius 2 is 0.692 bits per heavy atom. The minimum atomic E-state index is -1.22. The largest absolute Gasteiger partial charge is 0.395 e. The molecule has 0 aromatic carbocycles. The van der Waals surface area contributed by atoms with E-state index in [0.717, 1.165) is 37.8 Å². The fourth-order valence-corrected chi connectivity index (χ4v) is 5.06. The van der Waals surface area contributed by atoms with Gasteiger partial charge in [0.2, 0.25) is 12.2 Å². The van der Waals surface area contributed by atoms with E-state index in [9.17, 15) is 20.4 Å². The molecule has 0 heterocycles. The zero-order valence-corrected chi connectivity index (χ0v) is 25.3. The number of hydrogen-bond acceptors (Lipinski definition) is 8. The molecular formula is C31H62N2O6. The molecule has 8 nitrogen and oxygen atoms in total. The molecule has 0 aliphatic heterocycles. The van der Waals surface area contributed by atoms with Gasteiger partial charge < -0.3 is 20.4 Å². The number of hydrogen-bond donors (Lipinski definition) is 6. The van der Waals surface area contributed by atoms with Gasteiger partial charge in [0.15, 0.2) is 0 Å². The summed E-state index contributed by atoms with van der Waals surface area (Å²) in [6.07, 6.45) is 27.2. The molecule has 0 radical (unpaired) electrons. The average Bonchev–Trinajstić information content (AvgIpc) is 2.93. The van der Waals surface area contributed by atoms with Crippen LogP contribution in [0.3, 0.4) is 0 Å². The Labute approximate surface area is 239 Å². The van der Waals surface area contributed by atoms with Crippen molar-refractivity contribution >= 4 is 12.2 Å². The highest BCUT2D eigenvalue weighted by Gasteiger charge is 2.48. The number of nitrogens with one attached hydrogen (secondary N) is 2. The van der Waals surface area contributed by atoms with Gasteiger partial charge in [-0.2, -0.15) is 0 Å². The summed E-state index contributed by atoms with van der Waals surface area (Å²) in [5, 5.41) is 52.2. The topological polar surface area (TPSA) is 163 Å². The molecule has 6 N–H and O–H groups in total. The average molecular weight is 559 g/mol. The Morgan fingerprint density at radius 1 is 0.487 bits per heavy atom. The molecule has 0 saturated carbocycles. The van der Waals surface area contributed by atoms with E-state index in [1.807, 2.05) is 0 Å². The second-order valence-corrected chi connectivity index (χ2v) is 10.9. The van der Waals surface area contributed by atoms with E-state index in [4.69, 9.17) is 20.4 Å². The van der Waals surface area contributed by atoms with E-state index in [1.54, 1.807) is 0 Å². The monoisotopic (exact) mass is 558 g/mol. The van der Waals surface area contributed by atoms with Crippen LogP contribution in [-0.2, 0) is 9.59 Å². The molecule has 0 aliphatic carbocycles. The third kappa shape index (κ3) is 24.1. The Morgan fingerprint density at radius 3 is 0.897 bits per heavy atom. The molecular weight excluding hydrogens is 496 g/mol. The SMILES string of the molecule is CCCCCCCCCCCCC(O)(CCCCCCCCCCCC)C(CO)(CO)CO.N=C=O.N=C=O. The number of aliphatic hydroxyl groups excluding tert-OH is 3. The first-order valence-corrected chi connectivity index (χ1v) is 15.5. The van der Waals surface area contributed by atoms with Crippen molar-refractivity contribution in [1.29, 1.82) is 10.8 Å². The molecule has 0 unspecified atom stereocenters. The van der Waals surface area contributed by atoms with Crippen molar-refractivity contribution in [3.8, 4) is 0 Å². The highest BCUT2D eigenvalue weighted by Crippen LogP contribution is 2.39. The van der Waals surface area contributed by atoms with Gasteiger partial charge in [-0.1, -0.05) is 142 Å². The van der Waals surface area contributed by atoms with Gasteiger partial charge in [0.25, 0.3) is 0 Å². The van der Waals surface area contributed by atoms with Gasteiger partial charge in [-0.3, -0.25) is 0 Å². The van der Waals surface area contributed by atoms with E-state index in [-0.39, 0.29) is 19.8 Å². The van der Waals surface area contributed by atoms with E-state index < -0.39 is 11.0 Å². The number of rotatable bonds is 26. The third-order valence-electron chi connectivity index (χ3n) is 7.78. The first-order chi connectivity index (χ1) is 18.9. The molecule has 0 atom stereocenters. The molecule has 0 aromatic heterocycles. The summed E-state index contributed by atoms with van der Waals surface area (Å²) < 4.78 is 0. The lowest BCUT2D eigenvalue weighted by atomic mass is 9.68. The second-order valence-electron chi connectivity index (χ2n) is 10.9. The van der Waals surface area contributed by atoms with E-state index >= 15 is 0 Å². The quantitative estimate of drug-likeness (QED) is 0.0376. The van der Waals surface area contributed by atoms with E-state index in [2.05, 4.69) is 13.8 Å². The number of isocyanates is 2. The third-order valence-corrected chi connectivity index (χ3v) is 7.78. The van der Waals surface area contributed by atoms with Crippen LogP contribution in [0.5, 0.6) is 0 Å². The Kier molecular flexibility index (Phi) is 35.4. The minimum Gasteiger partial charge on any atom is -0.395 e. The number of unbranched alkanes of at least 4 members (excludes halogenated alkanes) is 18. The van der Waals surface area contributed by atoms with Crippen molar-refractivity contribution in [2.24, 2.45) is 5.41 Å². The van der Waals surface area contributed by atoms with E-state index in [1.165, 1.54) is 103 Å². The number of aliphatic hydroxyl groups is 4. The summed E-state index contributed by atoms with van der Waals surface area (Å²) in [7, 11) is 0. The van der Waals surface area contributed by atoms with Gasteiger partial charge in [-0.15, -0.1) is 0 Å². The lowest BCUT2D eigenvalue weighted by Crippen LogP contribution is -2.55. The molecule has 0 spiro atoms.